The molecule has 0 spiro atoms. The summed E-state index contributed by atoms with van der Waals surface area (Å²) in [6.07, 6.45) is -0.0502. The van der Waals surface area contributed by atoms with E-state index in [1.807, 2.05) is 0 Å². The van der Waals surface area contributed by atoms with Crippen molar-refractivity contribution in [3.63, 3.8) is 0 Å². The molecule has 0 aliphatic carbocycles. The van der Waals surface area contributed by atoms with Crippen molar-refractivity contribution in [3.05, 3.63) is 0 Å². The molecule has 0 fully saturated rings. The molecule has 6 heteroatoms. The molecule has 3 unspecified atom stereocenters. The van der Waals surface area contributed by atoms with Crippen molar-refractivity contribution >= 4 is 17.0 Å². The van der Waals surface area contributed by atoms with Crippen molar-refractivity contribution in [3.8, 4) is 0 Å². The highest BCUT2D eigenvalue weighted by molar-refractivity contribution is 7.79. The standard InChI is InChI=1S/C5H11NO4S/c1-3(11(9)10)2-4(6)5(7)8/h3-4H,2,6H2,1H3,(H,7,8)(H,9,10)/p-1. The molecule has 0 saturated carbocycles. The molecule has 0 aliphatic rings. The molecule has 0 saturated heterocycles. The van der Waals surface area contributed by atoms with E-state index in [4.69, 9.17) is 10.8 Å². The quantitative estimate of drug-likeness (QED) is 0.543. The maximum atomic E-state index is 10.2. The molecule has 3 N–H and O–H groups in total. The van der Waals surface area contributed by atoms with Crippen molar-refractivity contribution in [1.82, 2.24) is 0 Å². The Balaban J connectivity index is 3.84. The maximum Gasteiger partial charge on any atom is 0.320 e. The van der Waals surface area contributed by atoms with Crippen molar-refractivity contribution in [2.75, 3.05) is 0 Å². The number of carboxylic acid groups (broad SMARTS) is 1. The van der Waals surface area contributed by atoms with Gasteiger partial charge in [-0.3, -0.25) is 9.00 Å². The Morgan fingerprint density at radius 3 is 2.55 bits per heavy atom. The summed E-state index contributed by atoms with van der Waals surface area (Å²) in [5.74, 6) is -1.18. The second-order valence-electron chi connectivity index (χ2n) is 2.25. The van der Waals surface area contributed by atoms with Crippen LogP contribution in [-0.4, -0.2) is 31.1 Å². The molecule has 3 atom stereocenters. The first-order chi connectivity index (χ1) is 4.95. The molecule has 0 rings (SSSR count). The zero-order valence-corrected chi connectivity index (χ0v) is 6.84. The average Bonchev–Trinajstić information content (AvgIpc) is 1.87. The lowest BCUT2D eigenvalue weighted by molar-refractivity contribution is -0.138. The van der Waals surface area contributed by atoms with Crippen LogP contribution < -0.4 is 5.73 Å². The summed E-state index contributed by atoms with van der Waals surface area (Å²) in [4.78, 5) is 10.1. The average molecular weight is 180 g/mol. The minimum absolute atomic E-state index is 0.0502. The molecule has 0 aliphatic heterocycles. The van der Waals surface area contributed by atoms with E-state index in [2.05, 4.69) is 0 Å². The van der Waals surface area contributed by atoms with E-state index in [1.165, 1.54) is 6.92 Å². The molecule has 0 aromatic rings. The zero-order valence-electron chi connectivity index (χ0n) is 6.02. The van der Waals surface area contributed by atoms with Gasteiger partial charge in [-0.2, -0.15) is 0 Å². The molecule has 0 radical (unpaired) electrons. The van der Waals surface area contributed by atoms with Gasteiger partial charge in [0.2, 0.25) is 0 Å². The predicted molar refractivity (Wildman–Crippen MR) is 38.6 cm³/mol. The Morgan fingerprint density at radius 2 is 2.27 bits per heavy atom. The predicted octanol–water partition coefficient (Wildman–Crippen LogP) is -0.944. The van der Waals surface area contributed by atoms with Crippen LogP contribution in [0, 0.1) is 0 Å². The van der Waals surface area contributed by atoms with Gasteiger partial charge in [-0.25, -0.2) is 0 Å². The Labute approximate surface area is 66.9 Å². The summed E-state index contributed by atoms with van der Waals surface area (Å²) in [6, 6.07) is -1.09. The first-order valence-electron chi connectivity index (χ1n) is 3.01. The van der Waals surface area contributed by atoms with Crippen molar-refractivity contribution in [2.24, 2.45) is 5.73 Å². The molecular formula is C5H10NO4S-. The van der Waals surface area contributed by atoms with Crippen molar-refractivity contribution < 1.29 is 18.7 Å². The lowest BCUT2D eigenvalue weighted by atomic mass is 10.2. The molecule has 5 nitrogen and oxygen atoms in total. The number of hydrogen-bond acceptors (Lipinski definition) is 4. The second kappa shape index (κ2) is 4.42. The lowest BCUT2D eigenvalue weighted by Gasteiger charge is -2.16. The van der Waals surface area contributed by atoms with E-state index < -0.39 is 28.3 Å². The van der Waals surface area contributed by atoms with Gasteiger partial charge in [-0.15, -0.1) is 0 Å². The van der Waals surface area contributed by atoms with Gasteiger partial charge in [0.1, 0.15) is 6.04 Å². The molecular weight excluding hydrogens is 170 g/mol. The van der Waals surface area contributed by atoms with Crippen LogP contribution >= 0.6 is 0 Å². The third-order valence-corrected chi connectivity index (χ3v) is 2.08. The third kappa shape index (κ3) is 4.07. The van der Waals surface area contributed by atoms with Crippen LogP contribution in [0.25, 0.3) is 0 Å². The molecule has 0 aromatic heterocycles. The number of carboxylic acids is 1. The number of aliphatic carboxylic acids is 1. The number of carbonyl (C=O) groups is 1. The molecule has 0 amide bonds. The van der Waals surface area contributed by atoms with E-state index >= 15 is 0 Å². The molecule has 0 bridgehead atoms. The van der Waals surface area contributed by atoms with Crippen LogP contribution in [0.3, 0.4) is 0 Å². The molecule has 66 valence electrons. The van der Waals surface area contributed by atoms with E-state index in [-0.39, 0.29) is 6.42 Å². The normalized spacial score (nSPS) is 18.8. The van der Waals surface area contributed by atoms with Crippen LogP contribution in [0.15, 0.2) is 0 Å². The van der Waals surface area contributed by atoms with Crippen LogP contribution in [0.5, 0.6) is 0 Å². The maximum absolute atomic E-state index is 10.2. The van der Waals surface area contributed by atoms with Gasteiger partial charge in [0.05, 0.1) is 0 Å². The van der Waals surface area contributed by atoms with E-state index in [1.54, 1.807) is 0 Å². The van der Waals surface area contributed by atoms with Gasteiger partial charge >= 0.3 is 5.97 Å². The number of hydrogen-bond donors (Lipinski definition) is 2. The molecule has 0 heterocycles. The van der Waals surface area contributed by atoms with E-state index in [9.17, 15) is 13.6 Å². The number of rotatable bonds is 4. The summed E-state index contributed by atoms with van der Waals surface area (Å²) in [7, 11) is 0. The Kier molecular flexibility index (Phi) is 4.24. The highest BCUT2D eigenvalue weighted by Gasteiger charge is 2.15. The fourth-order valence-corrected chi connectivity index (χ4v) is 0.901. The van der Waals surface area contributed by atoms with E-state index in [0.29, 0.717) is 0 Å². The van der Waals surface area contributed by atoms with Gasteiger partial charge in [0, 0.05) is 5.25 Å². The molecule has 11 heavy (non-hydrogen) atoms. The van der Waals surface area contributed by atoms with Crippen LogP contribution in [0.2, 0.25) is 0 Å². The second-order valence-corrected chi connectivity index (χ2v) is 3.58. The smallest absolute Gasteiger partial charge is 0.320 e. The van der Waals surface area contributed by atoms with Gasteiger partial charge < -0.3 is 15.4 Å². The van der Waals surface area contributed by atoms with Gasteiger partial charge in [0.15, 0.2) is 0 Å². The largest absolute Gasteiger partial charge is 0.772 e. The lowest BCUT2D eigenvalue weighted by Crippen LogP contribution is -2.34. The Morgan fingerprint density at radius 1 is 1.82 bits per heavy atom. The van der Waals surface area contributed by atoms with Crippen LogP contribution in [0.4, 0.5) is 0 Å². The van der Waals surface area contributed by atoms with Crippen LogP contribution in [0.1, 0.15) is 13.3 Å². The minimum Gasteiger partial charge on any atom is -0.772 e. The minimum atomic E-state index is -2.24. The first kappa shape index (κ1) is 10.5. The first-order valence-corrected chi connectivity index (χ1v) is 4.15. The summed E-state index contributed by atoms with van der Waals surface area (Å²) >= 11 is -2.24. The summed E-state index contributed by atoms with van der Waals surface area (Å²) in [5, 5.41) is 7.58. The highest BCUT2D eigenvalue weighted by atomic mass is 32.2. The fourth-order valence-electron chi connectivity index (χ4n) is 0.537. The van der Waals surface area contributed by atoms with Crippen molar-refractivity contribution in [1.29, 1.82) is 0 Å². The van der Waals surface area contributed by atoms with Crippen LogP contribution in [-0.2, 0) is 15.9 Å². The Bertz CT molecular complexity index is 154. The highest BCUT2D eigenvalue weighted by Crippen LogP contribution is 2.01. The Hall–Kier alpha value is -0.460. The van der Waals surface area contributed by atoms with E-state index in [0.717, 1.165) is 0 Å². The van der Waals surface area contributed by atoms with Gasteiger partial charge in [-0.1, -0.05) is 18.0 Å². The zero-order chi connectivity index (χ0) is 9.02. The van der Waals surface area contributed by atoms with Gasteiger partial charge in [0.25, 0.3) is 0 Å². The van der Waals surface area contributed by atoms with Crippen molar-refractivity contribution in [2.45, 2.75) is 24.6 Å². The topological polar surface area (TPSA) is 103 Å². The molecule has 0 aromatic carbocycles. The fraction of sp³-hybridized carbons (Fsp3) is 0.800. The number of nitrogens with two attached hydrogens (primary N) is 1. The van der Waals surface area contributed by atoms with Gasteiger partial charge in [-0.05, 0) is 6.42 Å². The summed E-state index contributed by atoms with van der Waals surface area (Å²) in [5.41, 5.74) is 5.08. The third-order valence-electron chi connectivity index (χ3n) is 1.23. The summed E-state index contributed by atoms with van der Waals surface area (Å²) < 4.78 is 20.4. The summed E-state index contributed by atoms with van der Waals surface area (Å²) in [6.45, 7) is 1.41. The monoisotopic (exact) mass is 180 g/mol. The SMILES string of the molecule is CC(CC(N)C(=O)O)S(=O)[O-].